The van der Waals surface area contributed by atoms with Crippen LogP contribution in [0.4, 0.5) is 5.69 Å². The Labute approximate surface area is 174 Å². The van der Waals surface area contributed by atoms with Crippen LogP contribution in [0.3, 0.4) is 0 Å². The number of aryl methyl sites for hydroxylation is 2. The highest BCUT2D eigenvalue weighted by molar-refractivity contribution is 6.08. The van der Waals surface area contributed by atoms with Gasteiger partial charge in [0.05, 0.1) is 16.8 Å². The Morgan fingerprint density at radius 2 is 1.90 bits per heavy atom. The Morgan fingerprint density at radius 1 is 1.13 bits per heavy atom. The summed E-state index contributed by atoms with van der Waals surface area (Å²) in [6.45, 7) is 8.13. The Kier molecular flexibility index (Phi) is 5.06. The highest BCUT2D eigenvalue weighted by Gasteiger charge is 2.24. The van der Waals surface area contributed by atoms with Crippen molar-refractivity contribution in [3.8, 4) is 16.9 Å². The predicted octanol–water partition coefficient (Wildman–Crippen LogP) is 4.19. The van der Waals surface area contributed by atoms with Gasteiger partial charge in [0.15, 0.2) is 0 Å². The molecule has 30 heavy (non-hydrogen) atoms. The summed E-state index contributed by atoms with van der Waals surface area (Å²) in [4.78, 5) is 26.3. The van der Waals surface area contributed by atoms with E-state index in [1.54, 1.807) is 35.2 Å². The molecular formula is C24H22N4O2. The maximum atomic E-state index is 13.2. The quantitative estimate of drug-likeness (QED) is 0.513. The molecule has 1 N–H and O–H groups in total. The van der Waals surface area contributed by atoms with E-state index in [1.165, 1.54) is 4.68 Å². The lowest BCUT2D eigenvalue weighted by Gasteiger charge is -2.13. The predicted molar refractivity (Wildman–Crippen MR) is 119 cm³/mol. The number of carbonyl (C=O) groups excluding carboxylic acids is 1. The smallest absolute Gasteiger partial charge is 0.282 e. The maximum absolute atomic E-state index is 13.2. The molecular weight excluding hydrogens is 376 g/mol. The van der Waals surface area contributed by atoms with E-state index in [1.807, 2.05) is 50.2 Å². The monoisotopic (exact) mass is 398 g/mol. The second-order valence-corrected chi connectivity index (χ2v) is 7.24. The van der Waals surface area contributed by atoms with Gasteiger partial charge in [0.25, 0.3) is 11.5 Å². The minimum Gasteiger partial charge on any atom is -0.349 e. The maximum Gasteiger partial charge on any atom is 0.282 e. The van der Waals surface area contributed by atoms with Gasteiger partial charge in [-0.3, -0.25) is 9.59 Å². The van der Waals surface area contributed by atoms with Crippen molar-refractivity contribution >= 4 is 11.6 Å². The summed E-state index contributed by atoms with van der Waals surface area (Å²) in [5.74, 6) is -0.315. The van der Waals surface area contributed by atoms with E-state index in [0.717, 1.165) is 16.8 Å². The molecule has 1 amide bonds. The molecule has 0 spiro atoms. The molecule has 0 bridgehead atoms. The van der Waals surface area contributed by atoms with Crippen LogP contribution in [0.2, 0.25) is 0 Å². The summed E-state index contributed by atoms with van der Waals surface area (Å²) in [6.07, 6.45) is 5.12. The number of carbonyl (C=O) groups is 1. The van der Waals surface area contributed by atoms with Crippen LogP contribution in [0.25, 0.3) is 16.9 Å². The highest BCUT2D eigenvalue weighted by atomic mass is 16.2. The molecule has 2 heterocycles. The van der Waals surface area contributed by atoms with Gasteiger partial charge in [0, 0.05) is 24.6 Å². The van der Waals surface area contributed by atoms with Gasteiger partial charge < -0.3 is 9.88 Å². The Morgan fingerprint density at radius 3 is 2.63 bits per heavy atom. The summed E-state index contributed by atoms with van der Waals surface area (Å²) >= 11 is 0. The lowest BCUT2D eigenvalue weighted by molar-refractivity contribution is 0.102. The molecule has 2 aromatic carbocycles. The van der Waals surface area contributed by atoms with Crippen LogP contribution in [0.1, 0.15) is 21.5 Å². The third kappa shape index (κ3) is 3.55. The third-order valence-corrected chi connectivity index (χ3v) is 4.95. The molecule has 4 rings (SSSR count). The summed E-state index contributed by atoms with van der Waals surface area (Å²) in [5, 5.41) is 7.46. The summed E-state index contributed by atoms with van der Waals surface area (Å²) in [6, 6.07) is 15.0. The molecule has 0 atom stereocenters. The van der Waals surface area contributed by atoms with E-state index >= 15 is 0 Å². The minimum atomic E-state index is -0.315. The Bertz CT molecular complexity index is 1270. The van der Waals surface area contributed by atoms with Crippen molar-refractivity contribution in [1.29, 1.82) is 0 Å². The van der Waals surface area contributed by atoms with Gasteiger partial charge in [0.1, 0.15) is 5.69 Å². The molecule has 2 aromatic rings. The molecule has 0 fully saturated rings. The van der Waals surface area contributed by atoms with Crippen LogP contribution >= 0.6 is 0 Å². The van der Waals surface area contributed by atoms with Crippen LogP contribution in [-0.4, -0.2) is 20.3 Å². The first-order valence-corrected chi connectivity index (χ1v) is 9.65. The van der Waals surface area contributed by atoms with Gasteiger partial charge in [-0.2, -0.15) is 9.78 Å². The molecule has 0 aliphatic carbocycles. The number of allylic oxidation sites excluding steroid dienone is 1. The van der Waals surface area contributed by atoms with E-state index in [-0.39, 0.29) is 11.5 Å². The molecule has 2 aliphatic heterocycles. The van der Waals surface area contributed by atoms with Crippen LogP contribution in [0.5, 0.6) is 0 Å². The van der Waals surface area contributed by atoms with Gasteiger partial charge >= 0.3 is 0 Å². The first-order valence-electron chi connectivity index (χ1n) is 9.65. The van der Waals surface area contributed by atoms with Crippen molar-refractivity contribution in [3.05, 3.63) is 101 Å². The molecule has 0 radical (unpaired) electrons. The fourth-order valence-electron chi connectivity index (χ4n) is 3.39. The number of hydrogen-bond acceptors (Lipinski definition) is 3. The highest BCUT2D eigenvalue weighted by Crippen LogP contribution is 2.24. The van der Waals surface area contributed by atoms with Crippen molar-refractivity contribution in [2.24, 2.45) is 0 Å². The summed E-state index contributed by atoms with van der Waals surface area (Å²) < 4.78 is 3.10. The summed E-state index contributed by atoms with van der Waals surface area (Å²) in [7, 11) is 0. The fraction of sp³-hybridized carbons (Fsp3) is 0.125. The average molecular weight is 398 g/mol. The topological polar surface area (TPSA) is 68.9 Å². The summed E-state index contributed by atoms with van der Waals surface area (Å²) in [5.41, 5.74) is 4.20. The number of pyridine rings is 1. The van der Waals surface area contributed by atoms with Crippen LogP contribution in [0.15, 0.2) is 78.4 Å². The number of nitrogens with one attached hydrogen (secondary N) is 1. The number of hydrogen-bond donors (Lipinski definition) is 1. The normalized spacial score (nSPS) is 10.9. The van der Waals surface area contributed by atoms with Crippen molar-refractivity contribution in [2.75, 3.05) is 5.32 Å². The van der Waals surface area contributed by atoms with Gasteiger partial charge in [-0.25, -0.2) is 0 Å². The van der Waals surface area contributed by atoms with E-state index in [2.05, 4.69) is 17.0 Å². The fourth-order valence-corrected chi connectivity index (χ4v) is 3.39. The zero-order chi connectivity index (χ0) is 21.3. The average Bonchev–Trinajstić information content (AvgIpc) is 3.07. The van der Waals surface area contributed by atoms with Gasteiger partial charge in [-0.1, -0.05) is 36.4 Å². The zero-order valence-corrected chi connectivity index (χ0v) is 16.9. The number of anilines is 1. The molecule has 0 unspecified atom stereocenters. The van der Waals surface area contributed by atoms with Crippen molar-refractivity contribution in [1.82, 2.24) is 14.3 Å². The Hall–Kier alpha value is -3.93. The van der Waals surface area contributed by atoms with E-state index in [0.29, 0.717) is 29.1 Å². The standard InChI is InChI=1S/C24H22N4O2/c1-4-12-27-14-19(23(29)25-21-13-16(2)10-11-17(21)3)22-20(15-27)24(30)28(26-22)18-8-6-5-7-9-18/h4-11,13-15H,1,12H2,2-3H3,(H,25,29). The Balaban J connectivity index is 1.85. The van der Waals surface area contributed by atoms with Crippen molar-refractivity contribution in [2.45, 2.75) is 20.4 Å². The third-order valence-electron chi connectivity index (χ3n) is 4.95. The van der Waals surface area contributed by atoms with Crippen LogP contribution in [-0.2, 0) is 6.54 Å². The number of rotatable bonds is 5. The SMILES string of the molecule is C=CCn1cc(C(=O)Nc2cc(C)ccc2C)c2nn(-c3ccccc3)c(=O)c-2c1. The van der Waals surface area contributed by atoms with Gasteiger partial charge in [0.2, 0.25) is 0 Å². The first-order chi connectivity index (χ1) is 14.5. The number of fused-ring (bicyclic) bond motifs is 1. The number of para-hydroxylation sites is 1. The molecule has 6 heteroatoms. The second kappa shape index (κ2) is 7.83. The number of amides is 1. The molecule has 0 aromatic heterocycles. The van der Waals surface area contributed by atoms with Crippen molar-refractivity contribution in [3.63, 3.8) is 0 Å². The largest absolute Gasteiger partial charge is 0.349 e. The number of aromatic nitrogens is 3. The lowest BCUT2D eigenvalue weighted by atomic mass is 10.1. The first kappa shape index (κ1) is 19.4. The molecule has 0 saturated heterocycles. The minimum absolute atomic E-state index is 0.268. The van der Waals surface area contributed by atoms with Crippen molar-refractivity contribution < 1.29 is 4.79 Å². The second-order valence-electron chi connectivity index (χ2n) is 7.24. The molecule has 0 saturated carbocycles. The molecule has 2 aliphatic rings. The zero-order valence-electron chi connectivity index (χ0n) is 16.9. The van der Waals surface area contributed by atoms with Gasteiger partial charge in [-0.05, 0) is 43.2 Å². The number of benzene rings is 2. The van der Waals surface area contributed by atoms with E-state index in [4.69, 9.17) is 0 Å². The van der Waals surface area contributed by atoms with Crippen LogP contribution < -0.4 is 10.9 Å². The van der Waals surface area contributed by atoms with E-state index < -0.39 is 0 Å². The number of nitrogens with zero attached hydrogens (tertiary/aromatic N) is 3. The molecule has 6 nitrogen and oxygen atoms in total. The lowest BCUT2D eigenvalue weighted by Crippen LogP contribution is -2.18. The van der Waals surface area contributed by atoms with Crippen LogP contribution in [0, 0.1) is 13.8 Å². The van der Waals surface area contributed by atoms with Gasteiger partial charge in [-0.15, -0.1) is 6.58 Å². The van der Waals surface area contributed by atoms with E-state index in [9.17, 15) is 9.59 Å². The molecule has 150 valence electrons.